The first kappa shape index (κ1) is 13.0. The first-order valence-corrected chi connectivity index (χ1v) is 6.18. The van der Waals surface area contributed by atoms with Crippen molar-refractivity contribution in [2.24, 2.45) is 0 Å². The van der Waals surface area contributed by atoms with Crippen LogP contribution in [0.15, 0.2) is 12.3 Å². The van der Waals surface area contributed by atoms with Gasteiger partial charge in [0.05, 0.1) is 30.6 Å². The van der Waals surface area contributed by atoms with Gasteiger partial charge in [-0.1, -0.05) is 0 Å². The van der Waals surface area contributed by atoms with E-state index in [9.17, 15) is 4.79 Å². The smallest absolute Gasteiger partial charge is 0.339 e. The van der Waals surface area contributed by atoms with Crippen molar-refractivity contribution < 1.29 is 14.3 Å². The highest BCUT2D eigenvalue weighted by molar-refractivity contribution is 5.90. The molecule has 1 aromatic rings. The molecular weight excluding hydrogens is 232 g/mol. The lowest BCUT2D eigenvalue weighted by Crippen LogP contribution is -2.33. The van der Waals surface area contributed by atoms with E-state index in [0.29, 0.717) is 24.5 Å². The molecule has 0 amide bonds. The van der Waals surface area contributed by atoms with E-state index in [1.54, 1.807) is 20.0 Å². The monoisotopic (exact) mass is 250 g/mol. The van der Waals surface area contributed by atoms with Gasteiger partial charge in [0.1, 0.15) is 0 Å². The fourth-order valence-corrected chi connectivity index (χ4v) is 1.92. The predicted octanol–water partition coefficient (Wildman–Crippen LogP) is 1.23. The van der Waals surface area contributed by atoms with E-state index in [2.05, 4.69) is 10.3 Å². The lowest BCUT2D eigenvalue weighted by molar-refractivity contribution is 0.0273. The van der Waals surface area contributed by atoms with Crippen molar-refractivity contribution in [3.63, 3.8) is 0 Å². The number of nitrogens with zero attached hydrogens (tertiary/aromatic N) is 1. The Balaban J connectivity index is 2.22. The van der Waals surface area contributed by atoms with Crippen LogP contribution < -0.4 is 5.32 Å². The van der Waals surface area contributed by atoms with Crippen molar-refractivity contribution >= 4 is 5.97 Å². The van der Waals surface area contributed by atoms with Gasteiger partial charge in [-0.2, -0.15) is 0 Å². The maximum absolute atomic E-state index is 11.8. The van der Waals surface area contributed by atoms with Gasteiger partial charge >= 0.3 is 5.97 Å². The average Bonchev–Trinajstić information content (AvgIpc) is 2.40. The highest BCUT2D eigenvalue weighted by atomic mass is 16.5. The maximum Gasteiger partial charge on any atom is 0.339 e. The second kappa shape index (κ2) is 5.93. The molecule has 0 aromatic carbocycles. The lowest BCUT2D eigenvalue weighted by Gasteiger charge is -2.24. The summed E-state index contributed by atoms with van der Waals surface area (Å²) in [6, 6.07) is 1.82. The van der Waals surface area contributed by atoms with Gasteiger partial charge < -0.3 is 14.8 Å². The van der Waals surface area contributed by atoms with Crippen molar-refractivity contribution in [2.75, 3.05) is 26.3 Å². The van der Waals surface area contributed by atoms with Crippen LogP contribution in [0.1, 0.15) is 34.6 Å². The van der Waals surface area contributed by atoms with Crippen LogP contribution in [0.5, 0.6) is 0 Å². The number of pyridine rings is 1. The van der Waals surface area contributed by atoms with E-state index < -0.39 is 0 Å². The third-order valence-corrected chi connectivity index (χ3v) is 2.90. The fourth-order valence-electron chi connectivity index (χ4n) is 1.92. The third kappa shape index (κ3) is 2.86. The molecule has 0 bridgehead atoms. The minimum Gasteiger partial charge on any atom is -0.462 e. The van der Waals surface area contributed by atoms with E-state index in [1.165, 1.54) is 0 Å². The van der Waals surface area contributed by atoms with Crippen LogP contribution in [0.3, 0.4) is 0 Å². The van der Waals surface area contributed by atoms with Gasteiger partial charge in [-0.25, -0.2) is 4.79 Å². The highest BCUT2D eigenvalue weighted by Crippen LogP contribution is 2.20. The quantitative estimate of drug-likeness (QED) is 0.817. The van der Waals surface area contributed by atoms with Crippen LogP contribution in [-0.4, -0.2) is 37.3 Å². The van der Waals surface area contributed by atoms with E-state index in [4.69, 9.17) is 9.47 Å². The van der Waals surface area contributed by atoms with Crippen molar-refractivity contribution in [3.8, 4) is 0 Å². The molecule has 0 saturated carbocycles. The highest BCUT2D eigenvalue weighted by Gasteiger charge is 2.19. The van der Waals surface area contributed by atoms with Gasteiger partial charge in [-0.15, -0.1) is 0 Å². The van der Waals surface area contributed by atoms with Crippen molar-refractivity contribution in [1.29, 1.82) is 0 Å². The lowest BCUT2D eigenvalue weighted by atomic mass is 10.1. The summed E-state index contributed by atoms with van der Waals surface area (Å²) in [5.41, 5.74) is 2.11. The van der Waals surface area contributed by atoms with Crippen LogP contribution >= 0.6 is 0 Å². The Bertz CT molecular complexity index is 428. The molecule has 2 rings (SSSR count). The van der Waals surface area contributed by atoms with Gasteiger partial charge in [0.25, 0.3) is 0 Å². The summed E-state index contributed by atoms with van der Waals surface area (Å²) in [5, 5.41) is 3.25. The Kier molecular flexibility index (Phi) is 4.28. The summed E-state index contributed by atoms with van der Waals surface area (Å²) in [5.74, 6) is -0.326. The molecule has 1 fully saturated rings. The molecule has 0 radical (unpaired) electrons. The average molecular weight is 250 g/mol. The Morgan fingerprint density at radius 3 is 3.17 bits per heavy atom. The van der Waals surface area contributed by atoms with E-state index >= 15 is 0 Å². The van der Waals surface area contributed by atoms with Crippen molar-refractivity contribution in [2.45, 2.75) is 20.0 Å². The minimum atomic E-state index is -0.326. The Labute approximate surface area is 107 Å². The number of aromatic nitrogens is 1. The van der Waals surface area contributed by atoms with Crippen LogP contribution in [-0.2, 0) is 9.47 Å². The topological polar surface area (TPSA) is 60.5 Å². The zero-order valence-corrected chi connectivity index (χ0v) is 10.7. The molecule has 5 nitrogen and oxygen atoms in total. The molecule has 1 unspecified atom stereocenters. The van der Waals surface area contributed by atoms with Crippen molar-refractivity contribution in [3.05, 3.63) is 29.1 Å². The maximum atomic E-state index is 11.8. The van der Waals surface area contributed by atoms with E-state index in [0.717, 1.165) is 18.7 Å². The van der Waals surface area contributed by atoms with Crippen LogP contribution in [0.25, 0.3) is 0 Å². The van der Waals surface area contributed by atoms with E-state index in [1.807, 2.05) is 6.07 Å². The van der Waals surface area contributed by atoms with Gasteiger partial charge in [-0.3, -0.25) is 4.98 Å². The molecule has 1 N–H and O–H groups in total. The number of morpholine rings is 1. The normalized spacial score (nSPS) is 19.6. The number of nitrogens with one attached hydrogen (secondary N) is 1. The molecule has 0 spiro atoms. The standard InChI is InChI=1S/C13H18N2O3/c1-3-17-13(16)11-6-10(7-15-9(11)2)12-8-14-4-5-18-12/h6-7,12,14H,3-5,8H2,1-2H3. The van der Waals surface area contributed by atoms with Gasteiger partial charge in [0.2, 0.25) is 0 Å². The molecule has 1 aliphatic heterocycles. The number of carbonyl (C=O) groups is 1. The summed E-state index contributed by atoms with van der Waals surface area (Å²) in [6.07, 6.45) is 1.72. The molecule has 2 heterocycles. The number of hydrogen-bond donors (Lipinski definition) is 1. The second-order valence-corrected chi connectivity index (χ2v) is 4.19. The Morgan fingerprint density at radius 2 is 2.50 bits per heavy atom. The molecule has 5 heteroatoms. The zero-order chi connectivity index (χ0) is 13.0. The second-order valence-electron chi connectivity index (χ2n) is 4.19. The largest absolute Gasteiger partial charge is 0.462 e. The number of ether oxygens (including phenoxy) is 2. The molecule has 0 aliphatic carbocycles. The number of esters is 1. The number of carbonyl (C=O) groups excluding carboxylic acids is 1. The predicted molar refractivity (Wildman–Crippen MR) is 66.5 cm³/mol. The molecule has 1 saturated heterocycles. The number of aryl methyl sites for hydroxylation is 1. The van der Waals surface area contributed by atoms with Gasteiger partial charge in [0.15, 0.2) is 0 Å². The summed E-state index contributed by atoms with van der Waals surface area (Å²) >= 11 is 0. The number of hydrogen-bond acceptors (Lipinski definition) is 5. The molecule has 1 aliphatic rings. The van der Waals surface area contributed by atoms with Crippen LogP contribution in [0.2, 0.25) is 0 Å². The molecule has 1 atom stereocenters. The summed E-state index contributed by atoms with van der Waals surface area (Å²) in [6.45, 7) is 6.24. The van der Waals surface area contributed by atoms with Gasteiger partial charge in [0, 0.05) is 24.8 Å². The SMILES string of the molecule is CCOC(=O)c1cc(C2CNCCO2)cnc1C. The van der Waals surface area contributed by atoms with E-state index in [-0.39, 0.29) is 12.1 Å². The Morgan fingerprint density at radius 1 is 1.67 bits per heavy atom. The molecule has 18 heavy (non-hydrogen) atoms. The number of rotatable bonds is 3. The van der Waals surface area contributed by atoms with Gasteiger partial charge in [-0.05, 0) is 19.9 Å². The molecule has 98 valence electrons. The third-order valence-electron chi connectivity index (χ3n) is 2.90. The summed E-state index contributed by atoms with van der Waals surface area (Å²) in [7, 11) is 0. The zero-order valence-electron chi connectivity index (χ0n) is 10.7. The van der Waals surface area contributed by atoms with Crippen molar-refractivity contribution in [1.82, 2.24) is 10.3 Å². The molecular formula is C13H18N2O3. The molecule has 1 aromatic heterocycles. The minimum absolute atomic E-state index is 0.0416. The first-order chi connectivity index (χ1) is 8.72. The first-order valence-electron chi connectivity index (χ1n) is 6.18. The summed E-state index contributed by atoms with van der Waals surface area (Å²) in [4.78, 5) is 16.0. The summed E-state index contributed by atoms with van der Waals surface area (Å²) < 4.78 is 10.7. The van der Waals surface area contributed by atoms with Crippen LogP contribution in [0, 0.1) is 6.92 Å². The Hall–Kier alpha value is -1.46. The fraction of sp³-hybridized carbons (Fsp3) is 0.538. The van der Waals surface area contributed by atoms with Crippen LogP contribution in [0.4, 0.5) is 0 Å².